The van der Waals surface area contributed by atoms with Crippen molar-refractivity contribution in [2.45, 2.75) is 17.9 Å². The van der Waals surface area contributed by atoms with Crippen molar-refractivity contribution in [2.75, 3.05) is 52.4 Å². The van der Waals surface area contributed by atoms with E-state index >= 15 is 0 Å². The van der Waals surface area contributed by atoms with E-state index in [4.69, 9.17) is 5.11 Å². The van der Waals surface area contributed by atoms with Gasteiger partial charge in [-0.05, 0) is 12.0 Å². The van der Waals surface area contributed by atoms with Gasteiger partial charge in [-0.3, -0.25) is 0 Å². The van der Waals surface area contributed by atoms with Gasteiger partial charge in [-0.15, -0.1) is 0 Å². The maximum atomic E-state index is 12.4. The predicted octanol–water partition coefficient (Wildman–Crippen LogP) is 0.236. The average molecular weight is 344 g/mol. The molecule has 4 aliphatic heterocycles. The number of rotatable bonds is 5. The zero-order valence-electron chi connectivity index (χ0n) is 14.7. The molecule has 0 spiro atoms. The second-order valence-corrected chi connectivity index (χ2v) is 7.71. The van der Waals surface area contributed by atoms with Crippen LogP contribution in [0.3, 0.4) is 0 Å². The summed E-state index contributed by atoms with van der Waals surface area (Å²) in [5.74, 6) is 0.453. The molecule has 2 amide bonds. The summed E-state index contributed by atoms with van der Waals surface area (Å²) in [6.45, 7) is 7.00. The number of piperidine rings is 2. The summed E-state index contributed by atoms with van der Waals surface area (Å²) < 4.78 is 0. The Hall–Kier alpha value is -1.63. The van der Waals surface area contributed by atoms with Crippen LogP contribution in [0.5, 0.6) is 0 Å². The van der Waals surface area contributed by atoms with Gasteiger partial charge >= 0.3 is 6.03 Å². The van der Waals surface area contributed by atoms with Crippen LogP contribution in [0.1, 0.15) is 12.0 Å². The topological polar surface area (TPSA) is 67.8 Å². The van der Waals surface area contributed by atoms with Crippen molar-refractivity contribution in [1.29, 1.82) is 0 Å². The van der Waals surface area contributed by atoms with Crippen LogP contribution in [0.15, 0.2) is 30.3 Å². The van der Waals surface area contributed by atoms with E-state index in [0.717, 1.165) is 39.3 Å². The Labute approximate surface area is 149 Å². The summed E-state index contributed by atoms with van der Waals surface area (Å²) in [7, 11) is 0. The molecule has 4 heterocycles. The highest BCUT2D eigenvalue weighted by Gasteiger charge is 2.55. The number of hydrogen-bond acceptors (Lipinski definition) is 4. The SMILES string of the molecule is O=C(NCCCO)N[C@H]1C2CN3CCN(C2)CC1(c1ccccc1)C3. The summed E-state index contributed by atoms with van der Waals surface area (Å²) >= 11 is 0. The highest BCUT2D eigenvalue weighted by molar-refractivity contribution is 5.74. The molecule has 4 saturated heterocycles. The van der Waals surface area contributed by atoms with E-state index in [1.165, 1.54) is 5.56 Å². The molecule has 3 atom stereocenters. The molecule has 2 unspecified atom stereocenters. The molecule has 5 rings (SSSR count). The number of nitrogens with one attached hydrogen (secondary N) is 2. The Bertz CT molecular complexity index is 593. The van der Waals surface area contributed by atoms with Crippen molar-refractivity contribution >= 4 is 6.03 Å². The summed E-state index contributed by atoms with van der Waals surface area (Å²) in [6.07, 6.45) is 0.590. The molecule has 4 bridgehead atoms. The minimum atomic E-state index is -0.107. The fraction of sp³-hybridized carbons (Fsp3) is 0.632. The Morgan fingerprint density at radius 3 is 2.48 bits per heavy atom. The smallest absolute Gasteiger partial charge is 0.315 e. The van der Waals surface area contributed by atoms with Gasteiger partial charge < -0.3 is 25.5 Å². The van der Waals surface area contributed by atoms with Crippen LogP contribution in [0.2, 0.25) is 0 Å². The highest BCUT2D eigenvalue weighted by atomic mass is 16.3. The van der Waals surface area contributed by atoms with Crippen molar-refractivity contribution in [2.24, 2.45) is 5.92 Å². The van der Waals surface area contributed by atoms with Crippen molar-refractivity contribution < 1.29 is 9.90 Å². The number of aliphatic hydroxyl groups excluding tert-OH is 1. The van der Waals surface area contributed by atoms with Gasteiger partial charge in [0.25, 0.3) is 0 Å². The van der Waals surface area contributed by atoms with Gasteiger partial charge in [0, 0.05) is 69.8 Å². The molecule has 3 N–H and O–H groups in total. The molecule has 4 aliphatic rings. The number of nitrogens with zero attached hydrogens (tertiary/aromatic N) is 2. The van der Waals surface area contributed by atoms with Crippen LogP contribution in [0.4, 0.5) is 4.79 Å². The van der Waals surface area contributed by atoms with Crippen molar-refractivity contribution in [1.82, 2.24) is 20.4 Å². The van der Waals surface area contributed by atoms with E-state index in [0.29, 0.717) is 18.9 Å². The summed E-state index contributed by atoms with van der Waals surface area (Å²) in [6, 6.07) is 10.7. The zero-order chi connectivity index (χ0) is 17.3. The molecule has 6 nitrogen and oxygen atoms in total. The number of carbonyl (C=O) groups excluding carboxylic acids is 1. The van der Waals surface area contributed by atoms with Crippen molar-refractivity contribution in [3.8, 4) is 0 Å². The molecule has 4 fully saturated rings. The third-order valence-electron chi connectivity index (χ3n) is 6.05. The molecule has 0 aliphatic carbocycles. The van der Waals surface area contributed by atoms with Crippen LogP contribution in [0, 0.1) is 5.92 Å². The van der Waals surface area contributed by atoms with Gasteiger partial charge in [0.05, 0.1) is 0 Å². The van der Waals surface area contributed by atoms with Crippen LogP contribution in [0.25, 0.3) is 0 Å². The molecule has 25 heavy (non-hydrogen) atoms. The van der Waals surface area contributed by atoms with Crippen LogP contribution in [-0.2, 0) is 5.41 Å². The molecule has 1 aromatic carbocycles. The quantitative estimate of drug-likeness (QED) is 0.669. The first kappa shape index (κ1) is 16.8. The first-order valence-corrected chi connectivity index (χ1v) is 9.37. The minimum absolute atomic E-state index is 0.0484. The van der Waals surface area contributed by atoms with Crippen molar-refractivity contribution in [3.63, 3.8) is 0 Å². The van der Waals surface area contributed by atoms with Crippen LogP contribution >= 0.6 is 0 Å². The number of hydrogen-bond donors (Lipinski definition) is 3. The lowest BCUT2D eigenvalue weighted by Gasteiger charge is -2.55. The zero-order valence-corrected chi connectivity index (χ0v) is 14.7. The Morgan fingerprint density at radius 1 is 1.16 bits per heavy atom. The van der Waals surface area contributed by atoms with Crippen LogP contribution in [-0.4, -0.2) is 79.4 Å². The number of fused-ring (bicyclic) bond motifs is 1. The Balaban J connectivity index is 1.61. The minimum Gasteiger partial charge on any atom is -0.396 e. The number of benzene rings is 1. The molecular formula is C19H28N4O2. The first-order chi connectivity index (χ1) is 12.2. The van der Waals surface area contributed by atoms with Gasteiger partial charge in [0.1, 0.15) is 0 Å². The lowest BCUT2D eigenvalue weighted by Crippen LogP contribution is -2.71. The molecule has 136 valence electrons. The molecule has 0 aromatic heterocycles. The molecular weight excluding hydrogens is 316 g/mol. The lowest BCUT2D eigenvalue weighted by molar-refractivity contribution is 0.0230. The van der Waals surface area contributed by atoms with E-state index in [9.17, 15) is 4.79 Å². The van der Waals surface area contributed by atoms with Gasteiger partial charge in [-0.25, -0.2) is 4.79 Å². The van der Waals surface area contributed by atoms with Gasteiger partial charge in [-0.1, -0.05) is 30.3 Å². The summed E-state index contributed by atoms with van der Waals surface area (Å²) in [4.78, 5) is 17.6. The predicted molar refractivity (Wildman–Crippen MR) is 96.5 cm³/mol. The lowest BCUT2D eigenvalue weighted by atomic mass is 9.64. The Kier molecular flexibility index (Phi) is 4.67. The second kappa shape index (κ2) is 6.94. The normalized spacial score (nSPS) is 36.0. The van der Waals surface area contributed by atoms with Crippen molar-refractivity contribution in [3.05, 3.63) is 35.9 Å². The maximum absolute atomic E-state index is 12.4. The van der Waals surface area contributed by atoms with E-state index < -0.39 is 0 Å². The van der Waals surface area contributed by atoms with E-state index in [1.807, 2.05) is 0 Å². The average Bonchev–Trinajstić information content (AvgIpc) is 2.87. The first-order valence-electron chi connectivity index (χ1n) is 9.37. The number of urea groups is 1. The monoisotopic (exact) mass is 344 g/mol. The molecule has 0 radical (unpaired) electrons. The highest BCUT2D eigenvalue weighted by Crippen LogP contribution is 2.43. The number of amides is 2. The fourth-order valence-corrected chi connectivity index (χ4v) is 5.04. The summed E-state index contributed by atoms with van der Waals surface area (Å²) in [5, 5.41) is 15.1. The fourth-order valence-electron chi connectivity index (χ4n) is 5.04. The molecule has 6 heteroatoms. The van der Waals surface area contributed by atoms with Gasteiger partial charge in [-0.2, -0.15) is 0 Å². The third kappa shape index (κ3) is 3.14. The third-order valence-corrected chi connectivity index (χ3v) is 6.05. The van der Waals surface area contributed by atoms with Gasteiger partial charge in [0.15, 0.2) is 0 Å². The van der Waals surface area contributed by atoms with E-state index in [2.05, 4.69) is 50.8 Å². The second-order valence-electron chi connectivity index (χ2n) is 7.71. The maximum Gasteiger partial charge on any atom is 0.315 e. The Morgan fingerprint density at radius 2 is 1.84 bits per heavy atom. The van der Waals surface area contributed by atoms with E-state index in [1.54, 1.807) is 0 Å². The largest absolute Gasteiger partial charge is 0.396 e. The van der Waals surface area contributed by atoms with E-state index in [-0.39, 0.29) is 24.1 Å². The molecule has 0 saturated carbocycles. The van der Waals surface area contributed by atoms with Gasteiger partial charge in [0.2, 0.25) is 0 Å². The number of carbonyl (C=O) groups is 1. The molecule has 1 aromatic rings. The standard InChI is InChI=1S/C19H28N4O2/c24-10-4-7-20-18(25)21-17-15-11-22-8-9-23(12-15)14-19(17,13-22)16-5-2-1-3-6-16/h1-3,5-6,15,17,24H,4,7-14H2,(H2,20,21,25)/t15?,17-,19?/m0/s1. The van der Waals surface area contributed by atoms with Crippen LogP contribution < -0.4 is 10.6 Å². The number of aliphatic hydroxyl groups is 1. The summed E-state index contributed by atoms with van der Waals surface area (Å²) in [5.41, 5.74) is 1.28.